The maximum absolute atomic E-state index is 13.7. The molecule has 0 radical (unpaired) electrons. The summed E-state index contributed by atoms with van der Waals surface area (Å²) in [5.74, 6) is -0.322. The summed E-state index contributed by atoms with van der Waals surface area (Å²) in [5, 5.41) is 0. The maximum atomic E-state index is 13.7. The van der Waals surface area contributed by atoms with Gasteiger partial charge < -0.3 is 14.3 Å². The molecule has 1 aliphatic heterocycles. The number of hydrogen-bond donors (Lipinski definition) is 0. The maximum Gasteiger partial charge on any atom is 0.335 e. The van der Waals surface area contributed by atoms with Gasteiger partial charge in [0.25, 0.3) is 0 Å². The van der Waals surface area contributed by atoms with E-state index in [1.54, 1.807) is 6.92 Å². The standard InChI is InChI=1S/C25H36O5/c1-15(2)11-22(27)29-10-8-21-17(12-16(3)26)23(28)19-14-30-24(4,5)20-7-9-25(21,6)13-18(19)20/h8,10-11,17-21H,7,9,12-14H2,1-6H3/b10-8+/t17-,18-,19-,20?,21+,25+/m1/s1. The van der Waals surface area contributed by atoms with Gasteiger partial charge in [0.1, 0.15) is 11.6 Å². The van der Waals surface area contributed by atoms with Crippen LogP contribution < -0.4 is 0 Å². The summed E-state index contributed by atoms with van der Waals surface area (Å²) in [6, 6.07) is 0. The number of ketones is 2. The fourth-order valence-corrected chi connectivity index (χ4v) is 6.20. The molecule has 0 spiro atoms. The summed E-state index contributed by atoms with van der Waals surface area (Å²) in [4.78, 5) is 37.7. The van der Waals surface area contributed by atoms with Crippen molar-refractivity contribution in [1.29, 1.82) is 0 Å². The molecule has 1 unspecified atom stereocenters. The lowest BCUT2D eigenvalue weighted by atomic mass is 9.56. The summed E-state index contributed by atoms with van der Waals surface area (Å²) < 4.78 is 11.4. The van der Waals surface area contributed by atoms with Crippen LogP contribution in [0.1, 0.15) is 67.2 Å². The smallest absolute Gasteiger partial charge is 0.335 e. The van der Waals surface area contributed by atoms with E-state index in [0.717, 1.165) is 24.8 Å². The number of carbonyl (C=O) groups is 3. The molecular weight excluding hydrogens is 380 g/mol. The van der Waals surface area contributed by atoms with Crippen LogP contribution in [-0.2, 0) is 23.9 Å². The van der Waals surface area contributed by atoms with Gasteiger partial charge in [-0.3, -0.25) is 4.79 Å². The lowest BCUT2D eigenvalue weighted by molar-refractivity contribution is -0.173. The molecule has 5 nitrogen and oxygen atoms in total. The highest BCUT2D eigenvalue weighted by molar-refractivity contribution is 5.90. The zero-order chi connectivity index (χ0) is 22.3. The second-order valence-corrected chi connectivity index (χ2v) is 10.6. The molecule has 3 aliphatic rings. The first-order valence-corrected chi connectivity index (χ1v) is 11.1. The van der Waals surface area contributed by atoms with Gasteiger partial charge in [-0.05, 0) is 83.1 Å². The van der Waals surface area contributed by atoms with Crippen molar-refractivity contribution in [3.63, 3.8) is 0 Å². The van der Waals surface area contributed by atoms with E-state index < -0.39 is 11.9 Å². The van der Waals surface area contributed by atoms with Crippen molar-refractivity contribution in [2.24, 2.45) is 35.0 Å². The van der Waals surface area contributed by atoms with Crippen LogP contribution in [0, 0.1) is 35.0 Å². The minimum atomic E-state index is -0.424. The van der Waals surface area contributed by atoms with Crippen LogP contribution in [0.15, 0.2) is 24.0 Å². The SMILES string of the molecule is CC(=O)C[C@H]1C(=O)[C@@H]2COC(C)(C)C3CC[C@@](C)(C[C@@H]32)[C@H]1/C=C/OC(=O)C=C(C)C. The van der Waals surface area contributed by atoms with Gasteiger partial charge in [-0.25, -0.2) is 4.79 Å². The second-order valence-electron chi connectivity index (χ2n) is 10.6. The first kappa shape index (κ1) is 22.9. The third-order valence-corrected chi connectivity index (χ3v) is 7.64. The van der Waals surface area contributed by atoms with E-state index in [1.165, 1.54) is 12.3 Å². The van der Waals surface area contributed by atoms with Crippen LogP contribution in [0.4, 0.5) is 0 Å². The Bertz CT molecular complexity index is 772. The van der Waals surface area contributed by atoms with E-state index in [2.05, 4.69) is 20.8 Å². The number of fused-ring (bicyclic) bond motifs is 1. The van der Waals surface area contributed by atoms with Crippen LogP contribution >= 0.6 is 0 Å². The van der Waals surface area contributed by atoms with Gasteiger partial charge in [0.2, 0.25) is 0 Å². The molecule has 0 aromatic carbocycles. The van der Waals surface area contributed by atoms with Gasteiger partial charge in [-0.2, -0.15) is 0 Å². The van der Waals surface area contributed by atoms with Gasteiger partial charge in [0.05, 0.1) is 18.5 Å². The fourth-order valence-electron chi connectivity index (χ4n) is 6.20. The van der Waals surface area contributed by atoms with Gasteiger partial charge >= 0.3 is 5.97 Å². The molecule has 30 heavy (non-hydrogen) atoms. The summed E-state index contributed by atoms with van der Waals surface area (Å²) in [5.41, 5.74) is 0.525. The van der Waals surface area contributed by atoms with Crippen molar-refractivity contribution in [3.8, 4) is 0 Å². The summed E-state index contributed by atoms with van der Waals surface area (Å²) >= 11 is 0. The Kier molecular flexibility index (Phi) is 6.43. The first-order valence-electron chi connectivity index (χ1n) is 11.1. The minimum Gasteiger partial charge on any atom is -0.432 e. The number of carbonyl (C=O) groups excluding carboxylic acids is 3. The van der Waals surface area contributed by atoms with Gasteiger partial charge in [0.15, 0.2) is 0 Å². The summed E-state index contributed by atoms with van der Waals surface area (Å²) in [6.45, 7) is 12.2. The molecule has 0 amide bonds. The number of hydrogen-bond acceptors (Lipinski definition) is 5. The molecule has 6 atom stereocenters. The number of esters is 1. The monoisotopic (exact) mass is 416 g/mol. The third kappa shape index (κ3) is 4.46. The fraction of sp³-hybridized carbons (Fsp3) is 0.720. The van der Waals surface area contributed by atoms with Crippen LogP contribution in [0.3, 0.4) is 0 Å². The summed E-state index contributed by atoms with van der Waals surface area (Å²) in [6.07, 6.45) is 7.87. The lowest BCUT2D eigenvalue weighted by Gasteiger charge is -2.53. The number of ether oxygens (including phenoxy) is 2. The number of rotatable bonds is 5. The first-order chi connectivity index (χ1) is 13.9. The predicted octanol–water partition coefficient (Wildman–Crippen LogP) is 4.65. The zero-order valence-electron chi connectivity index (χ0n) is 19.2. The molecule has 0 aromatic heterocycles. The molecule has 0 aromatic rings. The van der Waals surface area contributed by atoms with Gasteiger partial charge in [-0.15, -0.1) is 0 Å². The molecule has 2 aliphatic carbocycles. The van der Waals surface area contributed by atoms with E-state index in [0.29, 0.717) is 12.5 Å². The Hall–Kier alpha value is -1.75. The van der Waals surface area contributed by atoms with E-state index in [4.69, 9.17) is 9.47 Å². The Labute approximate surface area is 180 Å². The van der Waals surface area contributed by atoms with Gasteiger partial charge in [0, 0.05) is 24.3 Å². The van der Waals surface area contributed by atoms with E-state index in [1.807, 2.05) is 19.9 Å². The predicted molar refractivity (Wildman–Crippen MR) is 114 cm³/mol. The average Bonchev–Trinajstić information content (AvgIpc) is 2.67. The minimum absolute atomic E-state index is 0.0157. The van der Waals surface area contributed by atoms with Crippen LogP contribution in [-0.4, -0.2) is 29.7 Å². The second kappa shape index (κ2) is 8.41. The molecule has 166 valence electrons. The molecule has 2 bridgehead atoms. The normalized spacial score (nSPS) is 37.4. The summed E-state index contributed by atoms with van der Waals surface area (Å²) in [7, 11) is 0. The lowest BCUT2D eigenvalue weighted by Crippen LogP contribution is -2.53. The topological polar surface area (TPSA) is 69.7 Å². The quantitative estimate of drug-likeness (QED) is 0.371. The Balaban J connectivity index is 1.95. The van der Waals surface area contributed by atoms with Crippen molar-refractivity contribution < 1.29 is 23.9 Å². The van der Waals surface area contributed by atoms with Crippen LogP contribution in [0.5, 0.6) is 0 Å². The van der Waals surface area contributed by atoms with Crippen molar-refractivity contribution in [2.75, 3.05) is 6.61 Å². The van der Waals surface area contributed by atoms with E-state index >= 15 is 0 Å². The Morgan fingerprint density at radius 1 is 1.20 bits per heavy atom. The highest BCUT2D eigenvalue weighted by Crippen LogP contribution is 2.59. The van der Waals surface area contributed by atoms with Crippen molar-refractivity contribution in [1.82, 2.24) is 0 Å². The third-order valence-electron chi connectivity index (χ3n) is 7.64. The molecular formula is C25H36O5. The molecule has 5 heteroatoms. The largest absolute Gasteiger partial charge is 0.432 e. The average molecular weight is 417 g/mol. The van der Waals surface area contributed by atoms with Crippen molar-refractivity contribution in [2.45, 2.75) is 72.8 Å². The number of Topliss-reactive ketones (excluding diaryl/α,β-unsaturated/α-hetero) is 2. The highest BCUT2D eigenvalue weighted by atomic mass is 16.5. The van der Waals surface area contributed by atoms with Gasteiger partial charge in [-0.1, -0.05) is 12.5 Å². The zero-order valence-corrected chi connectivity index (χ0v) is 19.2. The van der Waals surface area contributed by atoms with Crippen molar-refractivity contribution >= 4 is 17.5 Å². The molecule has 1 saturated heterocycles. The Morgan fingerprint density at radius 3 is 2.53 bits per heavy atom. The molecule has 0 N–H and O–H groups in total. The van der Waals surface area contributed by atoms with E-state index in [-0.39, 0.29) is 46.8 Å². The van der Waals surface area contributed by atoms with Crippen LogP contribution in [0.2, 0.25) is 0 Å². The highest BCUT2D eigenvalue weighted by Gasteiger charge is 2.58. The van der Waals surface area contributed by atoms with Crippen LogP contribution in [0.25, 0.3) is 0 Å². The molecule has 3 rings (SSSR count). The Morgan fingerprint density at radius 2 is 1.90 bits per heavy atom. The molecule has 3 fully saturated rings. The number of allylic oxidation sites excluding steroid dienone is 2. The molecule has 1 heterocycles. The van der Waals surface area contributed by atoms with E-state index in [9.17, 15) is 14.4 Å². The van der Waals surface area contributed by atoms with Crippen molar-refractivity contribution in [3.05, 3.63) is 24.0 Å². The molecule has 2 saturated carbocycles.